The van der Waals surface area contributed by atoms with E-state index in [1.54, 1.807) is 0 Å². The summed E-state index contributed by atoms with van der Waals surface area (Å²) < 4.78 is 4.98. The van der Waals surface area contributed by atoms with Crippen LogP contribution in [0, 0.1) is 11.3 Å². The Kier molecular flexibility index (Phi) is 9.69. The number of nitrogens with zero attached hydrogens (tertiary/aromatic N) is 3. The van der Waals surface area contributed by atoms with E-state index in [-0.39, 0.29) is 16.7 Å². The number of anilines is 1. The Labute approximate surface area is 401 Å². The standard InChI is InChI=1S/C65H59N3/c1-4-66-58-25-14-12-23-52(58)54-38-45(27-31-59(54)66)36-49(42-65-35-17-16-20-50(65)43-65)46-28-32-60-55(39-46)56-40-47(29-33-61(56)68(60)51-21-10-7-11-22-51)53(37-44-18-8-6-9-19-44)48-30-34-63-64(3,41-48)57-24-13-15-26-62(57)67(63)5-2/h6-35,38-40,49-50,53H,4-5,36-37,41-43H2,1-3H3. The number of allylic oxidation sites excluding steroid dienone is 8. The predicted molar refractivity (Wildman–Crippen MR) is 286 cm³/mol. The number of rotatable bonds is 12. The Morgan fingerprint density at radius 1 is 0.588 bits per heavy atom. The van der Waals surface area contributed by atoms with Crippen LogP contribution in [0.5, 0.6) is 0 Å². The van der Waals surface area contributed by atoms with E-state index in [4.69, 9.17) is 0 Å². The summed E-state index contributed by atoms with van der Waals surface area (Å²) in [6, 6.07) is 62.5. The van der Waals surface area contributed by atoms with Gasteiger partial charge in [-0.25, -0.2) is 0 Å². The van der Waals surface area contributed by atoms with Gasteiger partial charge in [0.05, 0.1) is 11.0 Å². The molecule has 0 spiro atoms. The molecule has 334 valence electrons. The van der Waals surface area contributed by atoms with Crippen molar-refractivity contribution in [2.45, 2.75) is 76.7 Å². The van der Waals surface area contributed by atoms with E-state index in [1.165, 1.54) is 100 Å². The number of aromatic nitrogens is 2. The van der Waals surface area contributed by atoms with Crippen LogP contribution in [0.4, 0.5) is 5.69 Å². The molecule has 0 radical (unpaired) electrons. The van der Waals surface area contributed by atoms with Crippen molar-refractivity contribution in [1.82, 2.24) is 9.13 Å². The zero-order valence-electron chi connectivity index (χ0n) is 39.6. The van der Waals surface area contributed by atoms with Crippen LogP contribution in [0.25, 0.3) is 49.3 Å². The minimum Gasteiger partial charge on any atom is -0.344 e. The highest BCUT2D eigenvalue weighted by Gasteiger charge is 2.52. The first-order chi connectivity index (χ1) is 33.4. The molecule has 1 aliphatic heterocycles. The molecular weight excluding hydrogens is 823 g/mol. The van der Waals surface area contributed by atoms with Crippen LogP contribution in [0.2, 0.25) is 0 Å². The average molecular weight is 882 g/mol. The molecule has 5 atom stereocenters. The van der Waals surface area contributed by atoms with Crippen molar-refractivity contribution in [3.8, 4) is 5.69 Å². The van der Waals surface area contributed by atoms with Gasteiger partial charge in [0.2, 0.25) is 0 Å². The van der Waals surface area contributed by atoms with Crippen molar-refractivity contribution in [3.63, 3.8) is 0 Å². The molecule has 3 aliphatic carbocycles. The van der Waals surface area contributed by atoms with Gasteiger partial charge in [0.1, 0.15) is 0 Å². The summed E-state index contributed by atoms with van der Waals surface area (Å²) in [5.74, 6) is 1.21. The van der Waals surface area contributed by atoms with Crippen LogP contribution >= 0.6 is 0 Å². The maximum atomic E-state index is 2.60. The molecule has 3 heteroatoms. The van der Waals surface area contributed by atoms with Crippen molar-refractivity contribution >= 4 is 49.3 Å². The number of hydrogen-bond donors (Lipinski definition) is 0. The number of aryl methyl sites for hydroxylation is 1. The highest BCUT2D eigenvalue weighted by atomic mass is 15.2. The second-order valence-electron chi connectivity index (χ2n) is 20.5. The largest absolute Gasteiger partial charge is 0.344 e. The molecule has 0 saturated heterocycles. The Hall–Kier alpha value is -7.10. The predicted octanol–water partition coefficient (Wildman–Crippen LogP) is 16.1. The third kappa shape index (κ3) is 6.53. The van der Waals surface area contributed by atoms with Crippen molar-refractivity contribution < 1.29 is 0 Å². The molecular formula is C65H59N3. The molecule has 3 heterocycles. The summed E-state index contributed by atoms with van der Waals surface area (Å²) in [7, 11) is 0. The normalized spacial score (nSPS) is 21.2. The van der Waals surface area contributed by atoms with E-state index >= 15 is 0 Å². The van der Waals surface area contributed by atoms with Crippen LogP contribution in [0.15, 0.2) is 212 Å². The molecule has 1 fully saturated rings. The van der Waals surface area contributed by atoms with Crippen molar-refractivity contribution in [2.75, 3.05) is 11.4 Å². The van der Waals surface area contributed by atoms with Gasteiger partial charge in [0, 0.05) is 74.1 Å². The Morgan fingerprint density at radius 3 is 2.07 bits per heavy atom. The number of fused-ring (bicyclic) bond motifs is 10. The molecule has 68 heavy (non-hydrogen) atoms. The lowest BCUT2D eigenvalue weighted by molar-refractivity contribution is 0.470. The summed E-state index contributed by atoms with van der Waals surface area (Å²) in [6.07, 6.45) is 19.8. The van der Waals surface area contributed by atoms with E-state index in [9.17, 15) is 0 Å². The van der Waals surface area contributed by atoms with Crippen LogP contribution < -0.4 is 4.90 Å². The average Bonchev–Trinajstić information content (AvgIpc) is 3.78. The Morgan fingerprint density at radius 2 is 1.28 bits per heavy atom. The van der Waals surface area contributed by atoms with Crippen molar-refractivity contribution in [3.05, 3.63) is 239 Å². The summed E-state index contributed by atoms with van der Waals surface area (Å²) in [5.41, 5.74) is 17.9. The SMILES string of the molecule is CCN1C2=CC=C(C(Cc3ccccc3)c3ccc4c(c3)c3cc(C(Cc5ccc6c(c5)c5ccccc5n6CC)CC56C=CC=CC5C6)ccc3n4-c3ccccc3)CC2(C)c2ccccc21. The van der Waals surface area contributed by atoms with Gasteiger partial charge in [-0.1, -0.05) is 139 Å². The van der Waals surface area contributed by atoms with Gasteiger partial charge >= 0.3 is 0 Å². The maximum Gasteiger partial charge on any atom is 0.0541 e. The lowest BCUT2D eigenvalue weighted by Crippen LogP contribution is -2.31. The molecule has 0 amide bonds. The van der Waals surface area contributed by atoms with Crippen molar-refractivity contribution in [1.29, 1.82) is 0 Å². The minimum absolute atomic E-state index is 0.0794. The lowest BCUT2D eigenvalue weighted by atomic mass is 9.69. The van der Waals surface area contributed by atoms with Gasteiger partial charge in [0.15, 0.2) is 0 Å². The van der Waals surface area contributed by atoms with Crippen LogP contribution in [-0.2, 0) is 24.8 Å². The highest BCUT2D eigenvalue weighted by Crippen LogP contribution is 2.61. The lowest BCUT2D eigenvalue weighted by Gasteiger charge is -2.36. The van der Waals surface area contributed by atoms with Gasteiger partial charge in [-0.05, 0) is 165 Å². The third-order valence-corrected chi connectivity index (χ3v) is 16.7. The van der Waals surface area contributed by atoms with E-state index < -0.39 is 0 Å². The summed E-state index contributed by atoms with van der Waals surface area (Å²) in [4.78, 5) is 2.54. The monoisotopic (exact) mass is 881 g/mol. The first kappa shape index (κ1) is 41.1. The quantitative estimate of drug-likeness (QED) is 0.119. The van der Waals surface area contributed by atoms with Crippen molar-refractivity contribution in [2.24, 2.45) is 11.3 Å². The van der Waals surface area contributed by atoms with Crippen LogP contribution in [0.3, 0.4) is 0 Å². The molecule has 5 unspecified atom stereocenters. The van der Waals surface area contributed by atoms with Gasteiger partial charge in [-0.2, -0.15) is 0 Å². The molecule has 9 aromatic rings. The fourth-order valence-electron chi connectivity index (χ4n) is 13.3. The Bertz CT molecular complexity index is 3560. The first-order valence-electron chi connectivity index (χ1n) is 25.2. The Balaban J connectivity index is 0.960. The third-order valence-electron chi connectivity index (χ3n) is 16.7. The topological polar surface area (TPSA) is 13.1 Å². The first-order valence-corrected chi connectivity index (χ1v) is 25.2. The number of para-hydroxylation sites is 3. The fraction of sp³-hybridized carbons (Fsp3) is 0.231. The molecule has 0 N–H and O–H groups in total. The summed E-state index contributed by atoms with van der Waals surface area (Å²) in [6.45, 7) is 8.96. The fourth-order valence-corrected chi connectivity index (χ4v) is 13.3. The van der Waals surface area contributed by atoms with Crippen LogP contribution in [-0.4, -0.2) is 15.7 Å². The van der Waals surface area contributed by atoms with Gasteiger partial charge in [-0.3, -0.25) is 0 Å². The van der Waals surface area contributed by atoms with Gasteiger partial charge in [-0.15, -0.1) is 0 Å². The zero-order valence-corrected chi connectivity index (χ0v) is 39.6. The van der Waals surface area contributed by atoms with E-state index in [1.807, 2.05) is 0 Å². The van der Waals surface area contributed by atoms with E-state index in [0.717, 1.165) is 38.8 Å². The van der Waals surface area contributed by atoms with Crippen LogP contribution in [0.1, 0.15) is 79.7 Å². The van der Waals surface area contributed by atoms with E-state index in [2.05, 4.69) is 235 Å². The number of likely N-dealkylation sites (N-methyl/N-ethyl adjacent to an activating group) is 1. The zero-order chi connectivity index (χ0) is 45.6. The summed E-state index contributed by atoms with van der Waals surface area (Å²) in [5, 5.41) is 5.39. The molecule has 7 aromatic carbocycles. The molecule has 2 aromatic heterocycles. The molecule has 1 saturated carbocycles. The minimum atomic E-state index is -0.0794. The number of hydrogen-bond acceptors (Lipinski definition) is 1. The second-order valence-corrected chi connectivity index (χ2v) is 20.5. The van der Waals surface area contributed by atoms with Gasteiger partial charge in [0.25, 0.3) is 0 Å². The smallest absolute Gasteiger partial charge is 0.0541 e. The molecule has 13 rings (SSSR count). The van der Waals surface area contributed by atoms with E-state index in [0.29, 0.717) is 11.8 Å². The summed E-state index contributed by atoms with van der Waals surface area (Å²) >= 11 is 0. The molecule has 3 nitrogen and oxygen atoms in total. The molecule has 0 bridgehead atoms. The maximum absolute atomic E-state index is 2.60. The second kappa shape index (κ2) is 16.0. The number of benzene rings is 7. The highest BCUT2D eigenvalue weighted by molar-refractivity contribution is 6.10. The van der Waals surface area contributed by atoms with Gasteiger partial charge < -0.3 is 14.0 Å². The molecule has 4 aliphatic rings.